The minimum absolute atomic E-state index is 0.354. The third-order valence-electron chi connectivity index (χ3n) is 7.15. The Morgan fingerprint density at radius 1 is 0.867 bits per heavy atom. The SMILES string of the molecule is CC(C)/C(=C\c1ccccc1)[C@@H]1C[C@H]1NC1CCN(Cc2ccc(C(=O)O)cc2)CC1.O=C(O)C(F)(F)F.O=C(O)C(F)(F)F. The molecule has 2 fully saturated rings. The van der Waals surface area contributed by atoms with Crippen LogP contribution in [-0.4, -0.2) is 75.7 Å². The van der Waals surface area contributed by atoms with E-state index >= 15 is 0 Å². The second-order valence-corrected chi connectivity index (χ2v) is 11.0. The summed E-state index contributed by atoms with van der Waals surface area (Å²) < 4.78 is 63.5. The fraction of sp³-hybridized carbons (Fsp3) is 0.452. The van der Waals surface area contributed by atoms with Crippen LogP contribution in [0, 0.1) is 11.8 Å². The Morgan fingerprint density at radius 3 is 1.78 bits per heavy atom. The number of nitrogens with one attached hydrogen (secondary N) is 1. The summed E-state index contributed by atoms with van der Waals surface area (Å²) in [6.07, 6.45) is -4.16. The van der Waals surface area contributed by atoms with Crippen molar-refractivity contribution in [2.24, 2.45) is 11.8 Å². The molecule has 2 aliphatic rings. The number of piperidine rings is 1. The first-order chi connectivity index (χ1) is 20.9. The zero-order valence-corrected chi connectivity index (χ0v) is 24.6. The summed E-state index contributed by atoms with van der Waals surface area (Å²) in [5, 5.41) is 27.2. The number of benzene rings is 2. The van der Waals surface area contributed by atoms with Gasteiger partial charge in [0.1, 0.15) is 0 Å². The summed E-state index contributed by atoms with van der Waals surface area (Å²) in [7, 11) is 0. The van der Waals surface area contributed by atoms with Crippen LogP contribution in [0.2, 0.25) is 0 Å². The Morgan fingerprint density at radius 2 is 1.36 bits per heavy atom. The summed E-state index contributed by atoms with van der Waals surface area (Å²) in [6, 6.07) is 19.2. The van der Waals surface area contributed by atoms with Gasteiger partial charge in [-0.15, -0.1) is 0 Å². The van der Waals surface area contributed by atoms with Crippen LogP contribution >= 0.6 is 0 Å². The molecule has 0 bridgehead atoms. The van der Waals surface area contributed by atoms with Crippen molar-refractivity contribution in [2.45, 2.75) is 64.1 Å². The van der Waals surface area contributed by atoms with Crippen LogP contribution in [0.5, 0.6) is 0 Å². The van der Waals surface area contributed by atoms with Gasteiger partial charge >= 0.3 is 30.3 Å². The average Bonchev–Trinajstić information content (AvgIpc) is 3.71. The lowest BCUT2D eigenvalue weighted by atomic mass is 9.95. The largest absolute Gasteiger partial charge is 0.490 e. The van der Waals surface area contributed by atoms with Crippen molar-refractivity contribution in [3.8, 4) is 0 Å². The van der Waals surface area contributed by atoms with Gasteiger partial charge in [-0.1, -0.05) is 68.0 Å². The van der Waals surface area contributed by atoms with Gasteiger partial charge in [0.15, 0.2) is 0 Å². The van der Waals surface area contributed by atoms with Crippen LogP contribution in [0.3, 0.4) is 0 Å². The molecule has 45 heavy (non-hydrogen) atoms. The molecule has 1 saturated carbocycles. The Balaban J connectivity index is 0.000000421. The Kier molecular flexibility index (Phi) is 13.6. The van der Waals surface area contributed by atoms with Gasteiger partial charge in [-0.2, -0.15) is 26.3 Å². The molecule has 1 heterocycles. The highest BCUT2D eigenvalue weighted by molar-refractivity contribution is 5.87. The molecule has 4 rings (SSSR count). The van der Waals surface area contributed by atoms with E-state index in [1.165, 1.54) is 30.4 Å². The van der Waals surface area contributed by atoms with Gasteiger partial charge in [0.2, 0.25) is 0 Å². The average molecular weight is 647 g/mol. The number of likely N-dealkylation sites (tertiary alicyclic amines) is 1. The molecule has 0 aromatic heterocycles. The van der Waals surface area contributed by atoms with E-state index in [-0.39, 0.29) is 0 Å². The van der Waals surface area contributed by atoms with E-state index in [4.69, 9.17) is 24.9 Å². The molecule has 14 heteroatoms. The van der Waals surface area contributed by atoms with E-state index < -0.39 is 30.3 Å². The maximum atomic E-state index is 11.0. The van der Waals surface area contributed by atoms with Gasteiger partial charge in [-0.3, -0.25) is 4.90 Å². The quantitative estimate of drug-likeness (QED) is 0.245. The number of carbonyl (C=O) groups is 3. The van der Waals surface area contributed by atoms with Crippen molar-refractivity contribution in [1.29, 1.82) is 0 Å². The highest BCUT2D eigenvalue weighted by atomic mass is 19.4. The van der Waals surface area contributed by atoms with Gasteiger partial charge in [0.25, 0.3) is 0 Å². The zero-order chi connectivity index (χ0) is 33.9. The highest BCUT2D eigenvalue weighted by Gasteiger charge is 2.42. The second-order valence-electron chi connectivity index (χ2n) is 11.0. The van der Waals surface area contributed by atoms with Gasteiger partial charge in [-0.05, 0) is 67.4 Å². The summed E-state index contributed by atoms with van der Waals surface area (Å²) >= 11 is 0. The number of carboxylic acids is 3. The normalized spacial score (nSPS) is 19.1. The molecule has 0 spiro atoms. The number of hydrogen-bond donors (Lipinski definition) is 4. The monoisotopic (exact) mass is 646 g/mol. The first-order valence-electron chi connectivity index (χ1n) is 14.1. The number of rotatable bonds is 8. The number of aromatic carboxylic acids is 1. The summed E-state index contributed by atoms with van der Waals surface area (Å²) in [6.45, 7) is 7.70. The maximum absolute atomic E-state index is 11.0. The smallest absolute Gasteiger partial charge is 0.478 e. The van der Waals surface area contributed by atoms with Crippen molar-refractivity contribution < 1.29 is 56.0 Å². The maximum Gasteiger partial charge on any atom is 0.490 e. The molecule has 4 N–H and O–H groups in total. The van der Waals surface area contributed by atoms with E-state index in [2.05, 4.69) is 60.5 Å². The van der Waals surface area contributed by atoms with Crippen molar-refractivity contribution in [3.05, 3.63) is 76.9 Å². The molecule has 1 aliphatic carbocycles. The molecule has 8 nitrogen and oxygen atoms in total. The lowest BCUT2D eigenvalue weighted by molar-refractivity contribution is -0.193. The molecule has 0 amide bonds. The van der Waals surface area contributed by atoms with Crippen molar-refractivity contribution in [2.75, 3.05) is 13.1 Å². The second kappa shape index (κ2) is 16.4. The number of aliphatic carboxylic acids is 2. The molecular weight excluding hydrogens is 610 g/mol. The van der Waals surface area contributed by atoms with Gasteiger partial charge < -0.3 is 20.6 Å². The van der Waals surface area contributed by atoms with Crippen molar-refractivity contribution in [3.63, 3.8) is 0 Å². The van der Waals surface area contributed by atoms with Crippen LogP contribution in [0.4, 0.5) is 26.3 Å². The Labute approximate surface area is 256 Å². The highest BCUT2D eigenvalue weighted by Crippen LogP contribution is 2.42. The van der Waals surface area contributed by atoms with E-state index in [0.717, 1.165) is 19.6 Å². The molecule has 1 aliphatic heterocycles. The van der Waals surface area contributed by atoms with Crippen molar-refractivity contribution >= 4 is 24.0 Å². The Hall–Kier alpha value is -3.91. The lowest BCUT2D eigenvalue weighted by Gasteiger charge is -2.32. The number of hydrogen-bond acceptors (Lipinski definition) is 5. The molecule has 2 aromatic carbocycles. The Bertz CT molecular complexity index is 1260. The molecule has 2 aromatic rings. The van der Waals surface area contributed by atoms with E-state index in [9.17, 15) is 31.1 Å². The molecule has 1 saturated heterocycles. The molecule has 2 atom stereocenters. The van der Waals surface area contributed by atoms with Crippen LogP contribution in [0.1, 0.15) is 54.6 Å². The topological polar surface area (TPSA) is 127 Å². The lowest BCUT2D eigenvalue weighted by Crippen LogP contribution is -2.43. The molecule has 248 valence electrons. The number of halogens is 6. The summed E-state index contributed by atoms with van der Waals surface area (Å²) in [5.41, 5.74) is 4.42. The van der Waals surface area contributed by atoms with Crippen LogP contribution < -0.4 is 5.32 Å². The van der Waals surface area contributed by atoms with Crippen molar-refractivity contribution in [1.82, 2.24) is 10.2 Å². The zero-order valence-electron chi connectivity index (χ0n) is 24.6. The van der Waals surface area contributed by atoms with Crippen LogP contribution in [-0.2, 0) is 16.1 Å². The standard InChI is InChI=1S/C27H34N2O2.2C2HF3O2/c1-19(2)24(16-20-6-4-3-5-7-20)25-17-26(25)28-23-12-14-29(15-13-23)18-21-8-10-22(11-9-21)27(30)31;2*3-2(4,5)1(6)7/h3-11,16,19,23,25-26,28H,12-15,17-18H2,1-2H3,(H,30,31);2*(H,6,7)/b24-16+;;/t25-,26+;;/m0../s1. The van der Waals surface area contributed by atoms with E-state index in [0.29, 0.717) is 29.5 Å². The molecular formula is C31H36F6N2O6. The third kappa shape index (κ3) is 13.3. The predicted octanol–water partition coefficient (Wildman–Crippen LogP) is 6.33. The summed E-state index contributed by atoms with van der Waals surface area (Å²) in [5.74, 6) is -5.13. The molecule has 0 unspecified atom stereocenters. The fourth-order valence-corrected chi connectivity index (χ4v) is 4.76. The fourth-order valence-electron chi connectivity index (χ4n) is 4.76. The van der Waals surface area contributed by atoms with Crippen LogP contribution in [0.15, 0.2) is 60.2 Å². The van der Waals surface area contributed by atoms with Crippen LogP contribution in [0.25, 0.3) is 6.08 Å². The first kappa shape index (κ1) is 37.3. The first-order valence-corrected chi connectivity index (χ1v) is 14.1. The van der Waals surface area contributed by atoms with Gasteiger partial charge in [-0.25, -0.2) is 14.4 Å². The number of carboxylic acid groups (broad SMARTS) is 3. The van der Waals surface area contributed by atoms with E-state index in [1.807, 2.05) is 12.1 Å². The van der Waals surface area contributed by atoms with E-state index in [1.54, 1.807) is 17.7 Å². The van der Waals surface area contributed by atoms with Gasteiger partial charge in [0.05, 0.1) is 5.56 Å². The summed E-state index contributed by atoms with van der Waals surface area (Å²) in [4.78, 5) is 31.3. The number of nitrogens with zero attached hydrogens (tertiary/aromatic N) is 1. The minimum Gasteiger partial charge on any atom is -0.478 e. The predicted molar refractivity (Wildman–Crippen MR) is 153 cm³/mol. The molecule has 0 radical (unpaired) electrons. The van der Waals surface area contributed by atoms with Gasteiger partial charge in [0, 0.05) is 18.6 Å². The third-order valence-corrected chi connectivity index (χ3v) is 7.15. The number of alkyl halides is 6. The minimum atomic E-state index is -5.08.